The maximum atomic E-state index is 14.0. The molecule has 2 heterocycles. The van der Waals surface area contributed by atoms with Gasteiger partial charge in [0, 0.05) is 36.6 Å². The Morgan fingerprint density at radius 2 is 1.88 bits per heavy atom. The third-order valence-corrected chi connectivity index (χ3v) is 5.76. The Balaban J connectivity index is 1.55. The number of fused-ring (bicyclic) bond motifs is 1. The summed E-state index contributed by atoms with van der Waals surface area (Å²) in [6.45, 7) is 7.02. The largest absolute Gasteiger partial charge is 0.486 e. The van der Waals surface area contributed by atoms with Gasteiger partial charge in [-0.15, -0.1) is 0 Å². The molecule has 0 saturated carbocycles. The number of ether oxygens (including phenoxy) is 2. The van der Waals surface area contributed by atoms with Gasteiger partial charge < -0.3 is 14.8 Å². The van der Waals surface area contributed by atoms with Gasteiger partial charge in [0.1, 0.15) is 19.0 Å². The fourth-order valence-corrected chi connectivity index (χ4v) is 3.74. The highest BCUT2D eigenvalue weighted by Gasteiger charge is 2.15. The lowest BCUT2D eigenvalue weighted by Crippen LogP contribution is -2.36. The number of nitrogens with zero attached hydrogens (tertiary/aromatic N) is 3. The van der Waals surface area contributed by atoms with Crippen LogP contribution in [-0.4, -0.2) is 41.4 Å². The van der Waals surface area contributed by atoms with Gasteiger partial charge in [0.25, 0.3) is 5.91 Å². The summed E-state index contributed by atoms with van der Waals surface area (Å²) in [6.07, 6.45) is 0.660. The van der Waals surface area contributed by atoms with Gasteiger partial charge >= 0.3 is 0 Å². The first kappa shape index (κ1) is 23.3. The molecule has 0 bridgehead atoms. The molecule has 3 aromatic rings. The Hall–Kier alpha value is -3.88. The average molecular weight is 466 g/mol. The van der Waals surface area contributed by atoms with Gasteiger partial charge in [-0.05, 0) is 62.6 Å². The number of nitrogens with one attached hydrogen (secondary N) is 2. The first-order valence-corrected chi connectivity index (χ1v) is 11.1. The molecule has 0 unspecified atom stereocenters. The van der Waals surface area contributed by atoms with E-state index >= 15 is 0 Å². The first-order valence-electron chi connectivity index (χ1n) is 11.1. The number of halogens is 1. The van der Waals surface area contributed by atoms with Crippen molar-refractivity contribution >= 4 is 17.6 Å². The van der Waals surface area contributed by atoms with E-state index in [1.54, 1.807) is 31.2 Å². The third kappa shape index (κ3) is 5.19. The van der Waals surface area contributed by atoms with Gasteiger partial charge in [0.2, 0.25) is 5.96 Å². The van der Waals surface area contributed by atoms with E-state index in [-0.39, 0.29) is 11.5 Å². The highest BCUT2D eigenvalue weighted by molar-refractivity contribution is 6.10. The van der Waals surface area contributed by atoms with Crippen molar-refractivity contribution in [2.75, 3.05) is 25.1 Å². The molecule has 1 amide bonds. The van der Waals surface area contributed by atoms with Crippen molar-refractivity contribution in [3.63, 3.8) is 0 Å². The number of anilines is 1. The molecule has 2 aromatic carbocycles. The second kappa shape index (κ2) is 9.94. The number of aryl methyl sites for hydroxylation is 3. The molecule has 0 fully saturated rings. The molecule has 2 N–H and O–H groups in total. The van der Waals surface area contributed by atoms with Crippen LogP contribution in [0.1, 0.15) is 32.9 Å². The van der Waals surface area contributed by atoms with Gasteiger partial charge in [0.15, 0.2) is 11.5 Å². The van der Waals surface area contributed by atoms with Gasteiger partial charge in [0.05, 0.1) is 5.69 Å². The topological polar surface area (TPSA) is 89.8 Å². The summed E-state index contributed by atoms with van der Waals surface area (Å²) >= 11 is 0. The average Bonchev–Trinajstić information content (AvgIpc) is 3.06. The van der Waals surface area contributed by atoms with Crippen LogP contribution in [-0.2, 0) is 13.5 Å². The van der Waals surface area contributed by atoms with Crippen molar-refractivity contribution in [2.24, 2.45) is 12.0 Å². The molecule has 0 saturated heterocycles. The van der Waals surface area contributed by atoms with Crippen molar-refractivity contribution in [2.45, 2.75) is 27.2 Å². The van der Waals surface area contributed by atoms with Crippen LogP contribution >= 0.6 is 0 Å². The number of carbonyl (C=O) groups excluding carboxylic acids is 1. The van der Waals surface area contributed by atoms with Gasteiger partial charge in [-0.25, -0.2) is 4.39 Å². The minimum absolute atomic E-state index is 0.207. The van der Waals surface area contributed by atoms with Crippen molar-refractivity contribution in [1.29, 1.82) is 0 Å². The second-order valence-corrected chi connectivity index (χ2v) is 8.15. The smallest absolute Gasteiger partial charge is 0.258 e. The van der Waals surface area contributed by atoms with Crippen LogP contribution < -0.4 is 20.1 Å². The summed E-state index contributed by atoms with van der Waals surface area (Å²) in [7, 11) is 1.91. The zero-order valence-electron chi connectivity index (χ0n) is 19.7. The fraction of sp³-hybridized carbons (Fsp3) is 0.320. The van der Waals surface area contributed by atoms with Crippen LogP contribution in [0.15, 0.2) is 41.4 Å². The summed E-state index contributed by atoms with van der Waals surface area (Å²) < 4.78 is 27.0. The van der Waals surface area contributed by atoms with E-state index in [0.717, 1.165) is 17.0 Å². The zero-order chi connectivity index (χ0) is 24.2. The Morgan fingerprint density at radius 3 is 2.59 bits per heavy atom. The fourth-order valence-electron chi connectivity index (χ4n) is 3.74. The van der Waals surface area contributed by atoms with Gasteiger partial charge in [-0.2, -0.15) is 5.10 Å². The lowest BCUT2D eigenvalue weighted by atomic mass is 10.1. The monoisotopic (exact) mass is 465 g/mol. The standard InChI is InChI=1S/C25H28FN5O3/c1-15-5-6-18(13-21(15)26)24(32)29-25(27-10-9-20-16(2)30-31(4)17(20)3)28-19-7-8-22-23(14-19)34-12-11-33-22/h5-8,13-14H,9-12H2,1-4H3,(H2,27,28,29,32). The van der Waals surface area contributed by atoms with Crippen LogP contribution in [0.25, 0.3) is 0 Å². The molecule has 0 atom stereocenters. The summed E-state index contributed by atoms with van der Waals surface area (Å²) in [5.41, 5.74) is 4.51. The number of aliphatic imine (C=N–C) groups is 1. The maximum Gasteiger partial charge on any atom is 0.258 e. The molecule has 0 radical (unpaired) electrons. The number of aromatic nitrogens is 2. The highest BCUT2D eigenvalue weighted by Crippen LogP contribution is 2.32. The molecule has 1 aromatic heterocycles. The summed E-state index contributed by atoms with van der Waals surface area (Å²) in [4.78, 5) is 17.4. The van der Waals surface area contributed by atoms with E-state index in [0.29, 0.717) is 48.9 Å². The SMILES string of the molecule is Cc1ccc(C(=O)NC(=NCCc2c(C)nn(C)c2C)Nc2ccc3c(c2)OCCO3)cc1F. The summed E-state index contributed by atoms with van der Waals surface area (Å²) in [5.74, 6) is 0.632. The highest BCUT2D eigenvalue weighted by atomic mass is 19.1. The normalized spacial score (nSPS) is 13.0. The Morgan fingerprint density at radius 1 is 1.12 bits per heavy atom. The molecule has 8 nitrogen and oxygen atoms in total. The molecular weight excluding hydrogens is 437 g/mol. The number of guanidine groups is 1. The molecule has 1 aliphatic heterocycles. The Bertz CT molecular complexity index is 1250. The second-order valence-electron chi connectivity index (χ2n) is 8.15. The molecule has 1 aliphatic rings. The molecule has 0 spiro atoms. The number of hydrogen-bond donors (Lipinski definition) is 2. The van der Waals surface area contributed by atoms with E-state index in [2.05, 4.69) is 20.7 Å². The van der Waals surface area contributed by atoms with E-state index in [1.807, 2.05) is 31.6 Å². The Labute approximate surface area is 197 Å². The van der Waals surface area contributed by atoms with Crippen molar-refractivity contribution in [3.8, 4) is 11.5 Å². The van der Waals surface area contributed by atoms with Crippen LogP contribution in [0, 0.1) is 26.6 Å². The molecule has 0 aliphatic carbocycles. The van der Waals surface area contributed by atoms with Crippen molar-refractivity contribution < 1.29 is 18.7 Å². The van der Waals surface area contributed by atoms with Crippen LogP contribution in [0.4, 0.5) is 10.1 Å². The quantitative estimate of drug-likeness (QED) is 0.443. The van der Waals surface area contributed by atoms with Crippen molar-refractivity contribution in [1.82, 2.24) is 15.1 Å². The maximum absolute atomic E-state index is 14.0. The van der Waals surface area contributed by atoms with Crippen LogP contribution in [0.2, 0.25) is 0 Å². The number of amides is 1. The van der Waals surface area contributed by atoms with Crippen LogP contribution in [0.5, 0.6) is 11.5 Å². The molecule has 9 heteroatoms. The predicted molar refractivity (Wildman–Crippen MR) is 128 cm³/mol. The summed E-state index contributed by atoms with van der Waals surface area (Å²) in [6, 6.07) is 9.77. The number of rotatable bonds is 5. The number of carbonyl (C=O) groups is 1. The minimum Gasteiger partial charge on any atom is -0.486 e. The van der Waals surface area contributed by atoms with E-state index in [1.165, 1.54) is 6.07 Å². The molecule has 34 heavy (non-hydrogen) atoms. The minimum atomic E-state index is -0.462. The van der Waals surface area contributed by atoms with Gasteiger partial charge in [-0.3, -0.25) is 19.8 Å². The van der Waals surface area contributed by atoms with Crippen LogP contribution in [0.3, 0.4) is 0 Å². The Kier molecular flexibility index (Phi) is 6.81. The summed E-state index contributed by atoms with van der Waals surface area (Å²) in [5, 5.41) is 10.4. The lowest BCUT2D eigenvalue weighted by molar-refractivity contribution is 0.0976. The molecular formula is C25H28FN5O3. The van der Waals surface area contributed by atoms with Crippen molar-refractivity contribution in [3.05, 3.63) is 70.3 Å². The first-order chi connectivity index (χ1) is 16.3. The zero-order valence-corrected chi connectivity index (χ0v) is 19.7. The van der Waals surface area contributed by atoms with E-state index in [9.17, 15) is 9.18 Å². The lowest BCUT2D eigenvalue weighted by Gasteiger charge is -2.19. The number of benzene rings is 2. The van der Waals surface area contributed by atoms with Gasteiger partial charge in [-0.1, -0.05) is 6.07 Å². The molecule has 4 rings (SSSR count). The van der Waals surface area contributed by atoms with E-state index < -0.39 is 11.7 Å². The third-order valence-electron chi connectivity index (χ3n) is 5.76. The number of hydrogen-bond acceptors (Lipinski definition) is 5. The van der Waals surface area contributed by atoms with E-state index in [4.69, 9.17) is 9.47 Å². The predicted octanol–water partition coefficient (Wildman–Crippen LogP) is 3.70. The molecule has 178 valence electrons.